The first-order chi connectivity index (χ1) is 13.0. The van der Waals surface area contributed by atoms with Gasteiger partial charge in [-0.15, -0.1) is 35.3 Å². The molecule has 0 fully saturated rings. The van der Waals surface area contributed by atoms with E-state index in [1.165, 1.54) is 15.8 Å². The fourth-order valence-electron chi connectivity index (χ4n) is 2.48. The maximum absolute atomic E-state index is 13.2. The summed E-state index contributed by atoms with van der Waals surface area (Å²) in [6.45, 7) is 3.38. The van der Waals surface area contributed by atoms with Crippen molar-refractivity contribution in [3.63, 3.8) is 0 Å². The molecule has 1 amide bonds. The van der Waals surface area contributed by atoms with E-state index < -0.39 is 0 Å². The Morgan fingerprint density at radius 1 is 1.18 bits per heavy atom. The van der Waals surface area contributed by atoms with E-state index in [-0.39, 0.29) is 42.2 Å². The van der Waals surface area contributed by atoms with Crippen molar-refractivity contribution >= 4 is 47.2 Å². The molecule has 0 spiro atoms. The van der Waals surface area contributed by atoms with Crippen LogP contribution in [0.1, 0.15) is 16.0 Å². The van der Waals surface area contributed by atoms with E-state index in [0.717, 1.165) is 30.5 Å². The predicted molar refractivity (Wildman–Crippen MR) is 125 cm³/mol. The number of aryl methyl sites for hydroxylation is 1. The zero-order valence-corrected chi connectivity index (χ0v) is 19.6. The Labute approximate surface area is 187 Å². The number of rotatable bonds is 8. The second-order valence-electron chi connectivity index (χ2n) is 6.46. The molecule has 2 aromatic rings. The van der Waals surface area contributed by atoms with Gasteiger partial charge in [0, 0.05) is 32.1 Å². The van der Waals surface area contributed by atoms with Crippen molar-refractivity contribution < 1.29 is 9.18 Å². The summed E-state index contributed by atoms with van der Waals surface area (Å²) < 4.78 is 13.2. The topological polar surface area (TPSA) is 56.7 Å². The van der Waals surface area contributed by atoms with Gasteiger partial charge in [-0.05, 0) is 54.5 Å². The van der Waals surface area contributed by atoms with E-state index in [1.54, 1.807) is 31.5 Å². The number of carbonyl (C=O) groups excluding carboxylic acids is 1. The van der Waals surface area contributed by atoms with Gasteiger partial charge < -0.3 is 15.5 Å². The largest absolute Gasteiger partial charge is 0.356 e. The van der Waals surface area contributed by atoms with Crippen molar-refractivity contribution in [3.05, 3.63) is 57.5 Å². The molecule has 28 heavy (non-hydrogen) atoms. The van der Waals surface area contributed by atoms with Gasteiger partial charge in [0.05, 0.1) is 0 Å². The summed E-state index contributed by atoms with van der Waals surface area (Å²) in [4.78, 5) is 19.0. The summed E-state index contributed by atoms with van der Waals surface area (Å²) in [5.74, 6) is 0.342. The number of aliphatic imine (C=N–C) groups is 1. The third-order valence-electron chi connectivity index (χ3n) is 4.11. The lowest BCUT2D eigenvalue weighted by molar-refractivity contribution is -0.127. The second kappa shape index (κ2) is 12.7. The molecule has 0 atom stereocenters. The van der Waals surface area contributed by atoms with Gasteiger partial charge >= 0.3 is 0 Å². The molecule has 1 aromatic heterocycles. The van der Waals surface area contributed by atoms with Crippen LogP contribution in [0.15, 0.2) is 40.7 Å². The normalized spacial score (nSPS) is 10.9. The number of benzene rings is 1. The Bertz CT molecular complexity index is 766. The SMILES string of the molecule is Cc1cc(F)ccc1CCNC(=NCC(=O)N(C)C)NCCc1cccs1.I. The van der Waals surface area contributed by atoms with E-state index in [4.69, 9.17) is 0 Å². The lowest BCUT2D eigenvalue weighted by atomic mass is 10.1. The zero-order chi connectivity index (χ0) is 19.6. The molecule has 154 valence electrons. The highest BCUT2D eigenvalue weighted by Crippen LogP contribution is 2.10. The van der Waals surface area contributed by atoms with E-state index in [9.17, 15) is 9.18 Å². The number of halogens is 2. The molecular formula is C20H28FIN4OS. The average Bonchev–Trinajstić information content (AvgIpc) is 3.14. The quantitative estimate of drug-likeness (QED) is 0.321. The molecule has 0 aliphatic rings. The first-order valence-corrected chi connectivity index (χ1v) is 9.83. The number of nitrogens with zero attached hydrogens (tertiary/aromatic N) is 2. The summed E-state index contributed by atoms with van der Waals surface area (Å²) in [5, 5.41) is 8.60. The van der Waals surface area contributed by atoms with Crippen molar-refractivity contribution in [1.29, 1.82) is 0 Å². The van der Waals surface area contributed by atoms with Gasteiger partial charge in [-0.3, -0.25) is 4.79 Å². The number of guanidine groups is 1. The van der Waals surface area contributed by atoms with Crippen LogP contribution in [0.4, 0.5) is 4.39 Å². The van der Waals surface area contributed by atoms with Crippen molar-refractivity contribution in [1.82, 2.24) is 15.5 Å². The molecule has 1 heterocycles. The van der Waals surface area contributed by atoms with Crippen LogP contribution in [-0.4, -0.2) is 50.5 Å². The molecule has 0 saturated heterocycles. The lowest BCUT2D eigenvalue weighted by Gasteiger charge is -2.14. The number of carbonyl (C=O) groups is 1. The van der Waals surface area contributed by atoms with Gasteiger partial charge in [0.15, 0.2) is 5.96 Å². The highest BCUT2D eigenvalue weighted by molar-refractivity contribution is 14.0. The zero-order valence-electron chi connectivity index (χ0n) is 16.5. The van der Waals surface area contributed by atoms with Gasteiger partial charge in [-0.1, -0.05) is 12.1 Å². The summed E-state index contributed by atoms with van der Waals surface area (Å²) in [7, 11) is 3.43. The van der Waals surface area contributed by atoms with E-state index in [0.29, 0.717) is 12.5 Å². The Morgan fingerprint density at radius 3 is 2.50 bits per heavy atom. The van der Waals surface area contributed by atoms with Crippen molar-refractivity contribution in [2.75, 3.05) is 33.7 Å². The molecule has 1 aromatic carbocycles. The summed E-state index contributed by atoms with van der Waals surface area (Å²) in [5.41, 5.74) is 2.02. The standard InChI is InChI=1S/C20H27FN4OS.HI/c1-15-13-17(21)7-6-16(15)8-10-22-20(24-14-19(26)25(2)3)23-11-9-18-5-4-12-27-18;/h4-7,12-13H,8-11,14H2,1-3H3,(H2,22,23,24);1H. The van der Waals surface area contributed by atoms with Gasteiger partial charge in [0.25, 0.3) is 0 Å². The van der Waals surface area contributed by atoms with E-state index in [1.807, 2.05) is 19.1 Å². The predicted octanol–water partition coefficient (Wildman–Crippen LogP) is 3.22. The van der Waals surface area contributed by atoms with Gasteiger partial charge in [0.1, 0.15) is 12.4 Å². The highest BCUT2D eigenvalue weighted by atomic mass is 127. The van der Waals surface area contributed by atoms with Crippen LogP contribution in [0.2, 0.25) is 0 Å². The smallest absolute Gasteiger partial charge is 0.243 e. The lowest BCUT2D eigenvalue weighted by Crippen LogP contribution is -2.40. The molecule has 0 aliphatic carbocycles. The van der Waals surface area contributed by atoms with Gasteiger partial charge in [-0.25, -0.2) is 9.38 Å². The fourth-order valence-corrected chi connectivity index (χ4v) is 3.19. The molecule has 8 heteroatoms. The first kappa shape index (κ1) is 24.4. The molecule has 0 aliphatic heterocycles. The molecule has 2 rings (SSSR count). The van der Waals surface area contributed by atoms with Crippen LogP contribution in [-0.2, 0) is 17.6 Å². The average molecular weight is 518 g/mol. The second-order valence-corrected chi connectivity index (χ2v) is 7.49. The summed E-state index contributed by atoms with van der Waals surface area (Å²) in [6, 6.07) is 8.96. The number of likely N-dealkylation sites (N-methyl/N-ethyl adjacent to an activating group) is 1. The van der Waals surface area contributed by atoms with E-state index >= 15 is 0 Å². The monoisotopic (exact) mass is 518 g/mol. The van der Waals surface area contributed by atoms with Crippen molar-refractivity contribution in [3.8, 4) is 0 Å². The number of amides is 1. The minimum absolute atomic E-state index is 0. The Kier molecular flexibility index (Phi) is 11.1. The summed E-state index contributed by atoms with van der Waals surface area (Å²) >= 11 is 1.72. The Balaban J connectivity index is 0.00000392. The Hall–Kier alpha value is -1.68. The molecule has 5 nitrogen and oxygen atoms in total. The molecule has 2 N–H and O–H groups in total. The maximum Gasteiger partial charge on any atom is 0.243 e. The first-order valence-electron chi connectivity index (χ1n) is 8.95. The van der Waals surface area contributed by atoms with Crippen molar-refractivity contribution in [2.24, 2.45) is 4.99 Å². The molecule has 0 radical (unpaired) electrons. The number of nitrogens with one attached hydrogen (secondary N) is 2. The van der Waals surface area contributed by atoms with Gasteiger partial charge in [-0.2, -0.15) is 0 Å². The number of thiophene rings is 1. The van der Waals surface area contributed by atoms with Crippen LogP contribution >= 0.6 is 35.3 Å². The number of hydrogen-bond acceptors (Lipinski definition) is 3. The third-order valence-corrected chi connectivity index (χ3v) is 5.04. The molecule has 0 unspecified atom stereocenters. The summed E-state index contributed by atoms with van der Waals surface area (Å²) in [6.07, 6.45) is 1.65. The molecule has 0 saturated carbocycles. The van der Waals surface area contributed by atoms with Crippen LogP contribution in [0, 0.1) is 12.7 Å². The van der Waals surface area contributed by atoms with Crippen LogP contribution in [0.5, 0.6) is 0 Å². The Morgan fingerprint density at radius 2 is 1.89 bits per heavy atom. The van der Waals surface area contributed by atoms with Crippen LogP contribution in [0.25, 0.3) is 0 Å². The van der Waals surface area contributed by atoms with Gasteiger partial charge in [0.2, 0.25) is 5.91 Å². The fraction of sp³-hybridized carbons (Fsp3) is 0.400. The third kappa shape index (κ3) is 8.55. The minimum atomic E-state index is -0.219. The minimum Gasteiger partial charge on any atom is -0.356 e. The van der Waals surface area contributed by atoms with E-state index in [2.05, 4.69) is 27.1 Å². The molecule has 0 bridgehead atoms. The maximum atomic E-state index is 13.2. The number of hydrogen-bond donors (Lipinski definition) is 2. The van der Waals surface area contributed by atoms with Crippen molar-refractivity contribution in [2.45, 2.75) is 19.8 Å². The molecular weight excluding hydrogens is 490 g/mol. The highest BCUT2D eigenvalue weighted by Gasteiger charge is 2.06. The van der Waals surface area contributed by atoms with Crippen LogP contribution < -0.4 is 10.6 Å². The van der Waals surface area contributed by atoms with Crippen LogP contribution in [0.3, 0.4) is 0 Å².